The van der Waals surface area contributed by atoms with Crippen molar-refractivity contribution in [2.24, 2.45) is 5.92 Å². The molecule has 3 rings (SSSR count). The van der Waals surface area contributed by atoms with Gasteiger partial charge >= 0.3 is 11.9 Å². The fraction of sp³-hybridized carbons (Fsp3) is 0.455. The van der Waals surface area contributed by atoms with E-state index in [4.69, 9.17) is 13.9 Å². The Balaban J connectivity index is 2.13. The minimum absolute atomic E-state index is 0.166. The van der Waals surface area contributed by atoms with Crippen molar-refractivity contribution in [2.45, 2.75) is 58.7 Å². The molecule has 144 valence electrons. The van der Waals surface area contributed by atoms with Crippen LogP contribution in [0.25, 0.3) is 0 Å². The van der Waals surface area contributed by atoms with Gasteiger partial charge in [0.15, 0.2) is 0 Å². The zero-order valence-electron chi connectivity index (χ0n) is 16.3. The van der Waals surface area contributed by atoms with Gasteiger partial charge in [0.05, 0.1) is 5.92 Å². The van der Waals surface area contributed by atoms with Crippen LogP contribution < -0.4 is 0 Å². The Bertz CT molecular complexity index is 841. The molecule has 0 fully saturated rings. The Morgan fingerprint density at radius 2 is 1.89 bits per heavy atom. The fourth-order valence-electron chi connectivity index (χ4n) is 3.92. The molecule has 2 aliphatic heterocycles. The molecular weight excluding hydrogens is 344 g/mol. The predicted octanol–water partition coefficient (Wildman–Crippen LogP) is 4.17. The van der Waals surface area contributed by atoms with E-state index in [-0.39, 0.29) is 23.8 Å². The van der Waals surface area contributed by atoms with Crippen molar-refractivity contribution >= 4 is 11.9 Å². The van der Waals surface area contributed by atoms with Gasteiger partial charge < -0.3 is 13.9 Å². The molecule has 2 aliphatic rings. The molecule has 1 aromatic rings. The molecular formula is C22H26O5. The minimum Gasteiger partial charge on any atom is -0.465 e. The third-order valence-corrected chi connectivity index (χ3v) is 5.30. The van der Waals surface area contributed by atoms with Gasteiger partial charge in [-0.2, -0.15) is 0 Å². The zero-order valence-corrected chi connectivity index (χ0v) is 16.3. The summed E-state index contributed by atoms with van der Waals surface area (Å²) in [7, 11) is 0. The van der Waals surface area contributed by atoms with E-state index >= 15 is 0 Å². The maximum Gasteiger partial charge on any atom is 0.334 e. The molecule has 1 aromatic heterocycles. The molecule has 1 unspecified atom stereocenters. The van der Waals surface area contributed by atoms with Gasteiger partial charge in [0, 0.05) is 31.3 Å². The SMILES string of the molecule is C=C(C)[C@H]1Cc2oc(cc2C)[C@H](C(=C)C)[C@H]2C=C(CC1OC(C)=O)C(=O)O2. The molecule has 0 spiro atoms. The number of hydrogen-bond donors (Lipinski definition) is 0. The second kappa shape index (κ2) is 7.22. The molecule has 3 heterocycles. The maximum absolute atomic E-state index is 12.5. The number of aryl methyl sites for hydroxylation is 1. The summed E-state index contributed by atoms with van der Waals surface area (Å²) in [6.07, 6.45) is 1.68. The summed E-state index contributed by atoms with van der Waals surface area (Å²) in [6, 6.07) is 1.98. The van der Waals surface area contributed by atoms with Crippen LogP contribution in [0.15, 0.2) is 46.4 Å². The van der Waals surface area contributed by atoms with Crippen LogP contribution in [0.4, 0.5) is 0 Å². The van der Waals surface area contributed by atoms with Gasteiger partial charge in [0.2, 0.25) is 0 Å². The summed E-state index contributed by atoms with van der Waals surface area (Å²) < 4.78 is 17.4. The Kier molecular flexibility index (Phi) is 5.13. The highest BCUT2D eigenvalue weighted by Gasteiger charge is 2.39. The maximum atomic E-state index is 12.5. The van der Waals surface area contributed by atoms with Crippen molar-refractivity contribution in [1.29, 1.82) is 0 Å². The van der Waals surface area contributed by atoms with E-state index in [0.29, 0.717) is 18.4 Å². The van der Waals surface area contributed by atoms with Crippen LogP contribution in [0.3, 0.4) is 0 Å². The number of carbonyl (C=O) groups excluding carboxylic acids is 2. The lowest BCUT2D eigenvalue weighted by atomic mass is 9.85. The average Bonchev–Trinajstić information content (AvgIpc) is 3.05. The van der Waals surface area contributed by atoms with E-state index in [2.05, 4.69) is 13.2 Å². The van der Waals surface area contributed by atoms with Crippen molar-refractivity contribution in [3.05, 3.63) is 59.1 Å². The average molecular weight is 370 g/mol. The third kappa shape index (κ3) is 3.77. The van der Waals surface area contributed by atoms with Crippen LogP contribution in [-0.4, -0.2) is 24.1 Å². The van der Waals surface area contributed by atoms with Crippen molar-refractivity contribution in [2.75, 3.05) is 0 Å². The van der Waals surface area contributed by atoms with Crippen molar-refractivity contribution in [3.63, 3.8) is 0 Å². The summed E-state index contributed by atoms with van der Waals surface area (Å²) in [6.45, 7) is 15.3. The molecule has 4 atom stereocenters. The van der Waals surface area contributed by atoms with Crippen LogP contribution in [0.2, 0.25) is 0 Å². The summed E-state index contributed by atoms with van der Waals surface area (Å²) in [5.41, 5.74) is 3.27. The number of ether oxygens (including phenoxy) is 2. The van der Waals surface area contributed by atoms with Crippen molar-refractivity contribution < 1.29 is 23.5 Å². The normalized spacial score (nSPS) is 27.3. The highest BCUT2D eigenvalue weighted by atomic mass is 16.6. The summed E-state index contributed by atoms with van der Waals surface area (Å²) in [4.78, 5) is 24.2. The molecule has 0 saturated carbocycles. The van der Waals surface area contributed by atoms with Crippen molar-refractivity contribution in [3.8, 4) is 0 Å². The highest BCUT2D eigenvalue weighted by Crippen LogP contribution is 2.39. The number of hydrogen-bond acceptors (Lipinski definition) is 5. The Hall–Kier alpha value is -2.56. The molecule has 5 nitrogen and oxygen atoms in total. The van der Waals surface area contributed by atoms with Crippen LogP contribution in [0.5, 0.6) is 0 Å². The zero-order chi connectivity index (χ0) is 19.9. The van der Waals surface area contributed by atoms with Gasteiger partial charge in [-0.05, 0) is 38.5 Å². The van der Waals surface area contributed by atoms with Crippen molar-refractivity contribution in [1.82, 2.24) is 0 Å². The van der Waals surface area contributed by atoms with Gasteiger partial charge in [-0.3, -0.25) is 4.79 Å². The molecule has 4 bridgehead atoms. The van der Waals surface area contributed by atoms with E-state index in [0.717, 1.165) is 28.2 Å². The number of fused-ring (bicyclic) bond motifs is 3. The molecule has 0 saturated heterocycles. The largest absolute Gasteiger partial charge is 0.465 e. The molecule has 0 aliphatic carbocycles. The van der Waals surface area contributed by atoms with Crippen LogP contribution in [0.1, 0.15) is 50.2 Å². The number of esters is 2. The van der Waals surface area contributed by atoms with E-state index in [1.165, 1.54) is 6.92 Å². The first kappa shape index (κ1) is 19.2. The van der Waals surface area contributed by atoms with Gasteiger partial charge in [0.1, 0.15) is 23.7 Å². The van der Waals surface area contributed by atoms with E-state index in [9.17, 15) is 9.59 Å². The molecule has 5 heteroatoms. The Morgan fingerprint density at radius 3 is 2.48 bits per heavy atom. The van der Waals surface area contributed by atoms with E-state index < -0.39 is 12.2 Å². The quantitative estimate of drug-likeness (QED) is 0.590. The second-order valence-electron chi connectivity index (χ2n) is 7.65. The predicted molar refractivity (Wildman–Crippen MR) is 101 cm³/mol. The van der Waals surface area contributed by atoms with Crippen LogP contribution >= 0.6 is 0 Å². The smallest absolute Gasteiger partial charge is 0.334 e. The summed E-state index contributed by atoms with van der Waals surface area (Å²) >= 11 is 0. The monoisotopic (exact) mass is 370 g/mol. The van der Waals surface area contributed by atoms with E-state index in [1.54, 1.807) is 0 Å². The Morgan fingerprint density at radius 1 is 1.19 bits per heavy atom. The number of furan rings is 1. The lowest BCUT2D eigenvalue weighted by molar-refractivity contribution is -0.149. The first-order chi connectivity index (χ1) is 12.7. The van der Waals surface area contributed by atoms with Crippen LogP contribution in [0, 0.1) is 12.8 Å². The molecule has 0 amide bonds. The first-order valence-corrected chi connectivity index (χ1v) is 9.16. The van der Waals surface area contributed by atoms with Gasteiger partial charge in [-0.25, -0.2) is 4.79 Å². The summed E-state index contributed by atoms with van der Waals surface area (Å²) in [5, 5.41) is 0. The van der Waals surface area contributed by atoms with Gasteiger partial charge in [-0.1, -0.05) is 24.3 Å². The topological polar surface area (TPSA) is 65.7 Å². The standard InChI is InChI=1S/C22H26O5/c1-11(2)16-10-17-13(5)7-19(26-17)21(12(3)4)20-9-15(22(24)27-20)8-18(16)25-14(6)23/h7,9,16,18,20-21H,1,3,8,10H2,2,4-6H3/t16-,18?,20-,21+/m1/s1. The molecule has 0 aromatic carbocycles. The lowest BCUT2D eigenvalue weighted by Crippen LogP contribution is -2.30. The highest BCUT2D eigenvalue weighted by molar-refractivity contribution is 5.91. The Labute approximate surface area is 159 Å². The lowest BCUT2D eigenvalue weighted by Gasteiger charge is -2.27. The molecule has 27 heavy (non-hydrogen) atoms. The fourth-order valence-corrected chi connectivity index (χ4v) is 3.92. The number of rotatable bonds is 3. The summed E-state index contributed by atoms with van der Waals surface area (Å²) in [5.74, 6) is 0.384. The van der Waals surface area contributed by atoms with Gasteiger partial charge in [0.25, 0.3) is 0 Å². The van der Waals surface area contributed by atoms with Crippen LogP contribution in [-0.2, 0) is 25.5 Å². The minimum atomic E-state index is -0.508. The van der Waals surface area contributed by atoms with E-state index in [1.807, 2.05) is 32.9 Å². The second-order valence-corrected chi connectivity index (χ2v) is 7.65. The number of carbonyl (C=O) groups is 2. The third-order valence-electron chi connectivity index (χ3n) is 5.30. The van der Waals surface area contributed by atoms with Gasteiger partial charge in [-0.15, -0.1) is 0 Å². The molecule has 0 radical (unpaired) electrons. The molecule has 0 N–H and O–H groups in total. The first-order valence-electron chi connectivity index (χ1n) is 9.16.